The third kappa shape index (κ3) is 3.77. The summed E-state index contributed by atoms with van der Waals surface area (Å²) < 4.78 is 5.25. The maximum Gasteiger partial charge on any atom is 0.330 e. The van der Waals surface area contributed by atoms with Crippen molar-refractivity contribution < 1.29 is 23.9 Å². The SMILES string of the molecule is CC(C)[C@@H](C(=O)OCC(=O)N[C@@H](C)c1ccccc1)N1C(=O)[C@@H]2[C@H](C1=O)[C@H]1C=C[C@H]2C1. The molecule has 3 aliphatic rings. The third-order valence-corrected chi connectivity index (χ3v) is 6.68. The molecule has 164 valence electrons. The van der Waals surface area contributed by atoms with E-state index in [4.69, 9.17) is 4.74 Å². The lowest BCUT2D eigenvalue weighted by Crippen LogP contribution is -2.50. The van der Waals surface area contributed by atoms with Crippen LogP contribution in [0.2, 0.25) is 0 Å². The Bertz CT molecular complexity index is 895. The Labute approximate surface area is 181 Å². The molecule has 0 spiro atoms. The molecule has 2 bridgehead atoms. The highest BCUT2D eigenvalue weighted by Gasteiger charge is 2.61. The van der Waals surface area contributed by atoms with Crippen molar-refractivity contribution in [3.05, 3.63) is 48.0 Å². The van der Waals surface area contributed by atoms with Crippen molar-refractivity contribution in [3.63, 3.8) is 0 Å². The van der Waals surface area contributed by atoms with Crippen LogP contribution in [0.15, 0.2) is 42.5 Å². The number of nitrogens with one attached hydrogen (secondary N) is 1. The van der Waals surface area contributed by atoms with Crippen LogP contribution in [-0.4, -0.2) is 41.2 Å². The van der Waals surface area contributed by atoms with E-state index in [0.29, 0.717) is 0 Å². The second-order valence-corrected chi connectivity index (χ2v) is 9.04. The number of fused-ring (bicyclic) bond motifs is 5. The Kier molecular flexibility index (Phi) is 5.69. The molecular weight excluding hydrogens is 396 g/mol. The molecule has 1 N–H and O–H groups in total. The van der Waals surface area contributed by atoms with Crippen molar-refractivity contribution in [2.45, 2.75) is 39.3 Å². The Balaban J connectivity index is 1.39. The summed E-state index contributed by atoms with van der Waals surface area (Å²) in [5.41, 5.74) is 0.935. The van der Waals surface area contributed by atoms with E-state index in [1.807, 2.05) is 49.4 Å². The van der Waals surface area contributed by atoms with Crippen molar-refractivity contribution in [2.24, 2.45) is 29.6 Å². The quantitative estimate of drug-likeness (QED) is 0.412. The minimum absolute atomic E-state index is 0.0746. The first-order valence-corrected chi connectivity index (χ1v) is 10.9. The number of esters is 1. The summed E-state index contributed by atoms with van der Waals surface area (Å²) in [5.74, 6) is -2.65. The minimum Gasteiger partial charge on any atom is -0.454 e. The molecule has 1 heterocycles. The van der Waals surface area contributed by atoms with Gasteiger partial charge in [-0.25, -0.2) is 4.79 Å². The van der Waals surface area contributed by atoms with Crippen LogP contribution in [0.3, 0.4) is 0 Å². The Hall–Kier alpha value is -2.96. The zero-order valence-corrected chi connectivity index (χ0v) is 18.0. The van der Waals surface area contributed by atoms with Crippen LogP contribution in [0.5, 0.6) is 0 Å². The number of carbonyl (C=O) groups is 4. The highest BCUT2D eigenvalue weighted by molar-refractivity contribution is 6.09. The highest BCUT2D eigenvalue weighted by atomic mass is 16.5. The number of benzene rings is 1. The standard InChI is InChI=1S/C24H28N2O5/c1-13(2)21(26-22(28)19-16-9-10-17(11-16)20(19)23(26)29)24(30)31-12-18(27)25-14(3)15-7-5-4-6-8-15/h4-10,13-14,16-17,19-21H,11-12H2,1-3H3,(H,25,27)/t14-,16-,17-,19-,20+,21-/m0/s1. The normalized spacial score (nSPS) is 28.1. The lowest BCUT2D eigenvalue weighted by molar-refractivity contribution is -0.162. The van der Waals surface area contributed by atoms with Gasteiger partial charge in [-0.05, 0) is 36.7 Å². The van der Waals surface area contributed by atoms with E-state index >= 15 is 0 Å². The van der Waals surface area contributed by atoms with Gasteiger partial charge in [0.15, 0.2) is 6.61 Å². The second kappa shape index (κ2) is 8.29. The largest absolute Gasteiger partial charge is 0.454 e. The van der Waals surface area contributed by atoms with Crippen molar-refractivity contribution >= 4 is 23.7 Å². The van der Waals surface area contributed by atoms with Gasteiger partial charge in [0.2, 0.25) is 11.8 Å². The molecule has 7 heteroatoms. The van der Waals surface area contributed by atoms with E-state index < -0.39 is 24.5 Å². The summed E-state index contributed by atoms with van der Waals surface area (Å²) in [6.45, 7) is 4.92. The highest BCUT2D eigenvalue weighted by Crippen LogP contribution is 2.53. The molecule has 6 atom stereocenters. The molecule has 1 aliphatic heterocycles. The molecule has 1 aromatic carbocycles. The molecule has 1 saturated carbocycles. The van der Waals surface area contributed by atoms with Crippen molar-refractivity contribution in [3.8, 4) is 0 Å². The summed E-state index contributed by atoms with van der Waals surface area (Å²) in [6, 6.07) is 8.19. The van der Waals surface area contributed by atoms with E-state index in [1.165, 1.54) is 0 Å². The van der Waals surface area contributed by atoms with Gasteiger partial charge in [0.1, 0.15) is 6.04 Å². The summed E-state index contributed by atoms with van der Waals surface area (Å²) in [6.07, 6.45) is 4.86. The first-order chi connectivity index (χ1) is 14.8. The van der Waals surface area contributed by atoms with Crippen LogP contribution in [0.4, 0.5) is 0 Å². The first-order valence-electron chi connectivity index (χ1n) is 10.9. The number of carbonyl (C=O) groups excluding carboxylic acids is 4. The predicted octanol–water partition coefficient (Wildman–Crippen LogP) is 2.24. The lowest BCUT2D eigenvalue weighted by atomic mass is 9.85. The maximum absolute atomic E-state index is 13.1. The van der Waals surface area contributed by atoms with Crippen molar-refractivity contribution in [1.82, 2.24) is 10.2 Å². The molecule has 1 aromatic rings. The summed E-state index contributed by atoms with van der Waals surface area (Å²) in [4.78, 5) is 52.4. The van der Waals surface area contributed by atoms with Gasteiger partial charge in [-0.3, -0.25) is 19.3 Å². The number of nitrogens with zero attached hydrogens (tertiary/aromatic N) is 1. The molecule has 3 amide bonds. The van der Waals surface area contributed by atoms with Crippen LogP contribution in [0.1, 0.15) is 38.8 Å². The fourth-order valence-electron chi connectivity index (χ4n) is 5.21. The zero-order chi connectivity index (χ0) is 22.3. The Morgan fingerprint density at radius 1 is 1.03 bits per heavy atom. The van der Waals surface area contributed by atoms with Gasteiger partial charge >= 0.3 is 5.97 Å². The van der Waals surface area contributed by atoms with E-state index in [2.05, 4.69) is 5.32 Å². The summed E-state index contributed by atoms with van der Waals surface area (Å²) >= 11 is 0. The van der Waals surface area contributed by atoms with E-state index in [-0.39, 0.29) is 47.4 Å². The first kappa shape index (κ1) is 21.3. The second-order valence-electron chi connectivity index (χ2n) is 9.04. The molecule has 0 radical (unpaired) electrons. The predicted molar refractivity (Wildman–Crippen MR) is 112 cm³/mol. The lowest BCUT2D eigenvalue weighted by Gasteiger charge is -2.29. The van der Waals surface area contributed by atoms with Gasteiger partial charge in [0.25, 0.3) is 5.91 Å². The fourth-order valence-corrected chi connectivity index (χ4v) is 5.21. The summed E-state index contributed by atoms with van der Waals surface area (Å²) in [7, 11) is 0. The molecule has 2 fully saturated rings. The molecule has 31 heavy (non-hydrogen) atoms. The van der Waals surface area contributed by atoms with E-state index in [9.17, 15) is 19.2 Å². The number of hydrogen-bond acceptors (Lipinski definition) is 5. The van der Waals surface area contributed by atoms with Crippen LogP contribution >= 0.6 is 0 Å². The number of ether oxygens (including phenoxy) is 1. The number of imide groups is 1. The molecule has 7 nitrogen and oxygen atoms in total. The van der Waals surface area contributed by atoms with Gasteiger partial charge in [-0.15, -0.1) is 0 Å². The van der Waals surface area contributed by atoms with Gasteiger partial charge in [-0.1, -0.05) is 56.3 Å². The van der Waals surface area contributed by atoms with Gasteiger partial charge < -0.3 is 10.1 Å². The number of amides is 3. The van der Waals surface area contributed by atoms with Crippen molar-refractivity contribution in [1.29, 1.82) is 0 Å². The average molecular weight is 424 g/mol. The van der Waals surface area contributed by atoms with Crippen LogP contribution in [-0.2, 0) is 23.9 Å². The van der Waals surface area contributed by atoms with Crippen LogP contribution < -0.4 is 5.32 Å². The smallest absolute Gasteiger partial charge is 0.330 e. The number of likely N-dealkylation sites (tertiary alicyclic amines) is 1. The zero-order valence-electron chi connectivity index (χ0n) is 18.0. The maximum atomic E-state index is 13.1. The van der Waals surface area contributed by atoms with Crippen molar-refractivity contribution in [2.75, 3.05) is 6.61 Å². The minimum atomic E-state index is -1.02. The average Bonchev–Trinajstić information content (AvgIpc) is 3.42. The van der Waals surface area contributed by atoms with Gasteiger partial charge in [-0.2, -0.15) is 0 Å². The molecule has 0 unspecified atom stereocenters. The Morgan fingerprint density at radius 2 is 1.61 bits per heavy atom. The molecule has 1 saturated heterocycles. The number of hydrogen-bond donors (Lipinski definition) is 1. The van der Waals surface area contributed by atoms with E-state index in [1.54, 1.807) is 13.8 Å². The van der Waals surface area contributed by atoms with Crippen LogP contribution in [0, 0.1) is 29.6 Å². The number of rotatable bonds is 7. The molecular formula is C24H28N2O5. The molecule has 2 aliphatic carbocycles. The number of allylic oxidation sites excluding steroid dienone is 2. The monoisotopic (exact) mass is 424 g/mol. The van der Waals surface area contributed by atoms with Crippen LogP contribution in [0.25, 0.3) is 0 Å². The Morgan fingerprint density at radius 3 is 2.16 bits per heavy atom. The molecule has 4 rings (SSSR count). The molecule has 0 aromatic heterocycles. The van der Waals surface area contributed by atoms with Gasteiger partial charge in [0, 0.05) is 0 Å². The summed E-state index contributed by atoms with van der Waals surface area (Å²) in [5, 5.41) is 2.79. The topological polar surface area (TPSA) is 92.8 Å². The third-order valence-electron chi connectivity index (χ3n) is 6.68. The fraction of sp³-hybridized carbons (Fsp3) is 0.500. The van der Waals surface area contributed by atoms with Gasteiger partial charge in [0.05, 0.1) is 17.9 Å². The van der Waals surface area contributed by atoms with E-state index in [0.717, 1.165) is 16.9 Å².